The normalized spacial score (nSPS) is 13.8. The Hall–Kier alpha value is -3.93. The topological polar surface area (TPSA) is 58.6 Å². The molecule has 5 nitrogen and oxygen atoms in total. The number of para-hydroxylation sites is 2. The number of halogens is 1. The summed E-state index contributed by atoms with van der Waals surface area (Å²) in [6, 6.07) is 21.4. The SMILES string of the molecule is COc1ccccc1NC1=C(c2ccccc2)C(=O)N(c2cccc(F)c2)C1=O. The Balaban J connectivity index is 1.84. The maximum atomic E-state index is 13.7. The second-order valence-electron chi connectivity index (χ2n) is 6.37. The minimum absolute atomic E-state index is 0.106. The highest BCUT2D eigenvalue weighted by Gasteiger charge is 2.40. The molecule has 0 aromatic heterocycles. The Kier molecular flexibility index (Phi) is 4.83. The van der Waals surface area contributed by atoms with Crippen LogP contribution < -0.4 is 15.0 Å². The highest BCUT2D eigenvalue weighted by molar-refractivity contribution is 6.46. The number of anilines is 2. The van der Waals surface area contributed by atoms with Gasteiger partial charge < -0.3 is 10.1 Å². The van der Waals surface area contributed by atoms with Crippen molar-refractivity contribution in [2.24, 2.45) is 0 Å². The molecule has 0 saturated carbocycles. The minimum atomic E-state index is -0.564. The van der Waals surface area contributed by atoms with Gasteiger partial charge in [-0.25, -0.2) is 9.29 Å². The van der Waals surface area contributed by atoms with Crippen LogP contribution in [0.5, 0.6) is 5.75 Å². The highest BCUT2D eigenvalue weighted by atomic mass is 19.1. The average molecular weight is 388 g/mol. The summed E-state index contributed by atoms with van der Waals surface area (Å²) < 4.78 is 19.1. The first-order valence-electron chi connectivity index (χ1n) is 8.94. The van der Waals surface area contributed by atoms with E-state index in [9.17, 15) is 14.0 Å². The van der Waals surface area contributed by atoms with E-state index >= 15 is 0 Å². The quantitative estimate of drug-likeness (QED) is 0.665. The van der Waals surface area contributed by atoms with Gasteiger partial charge in [-0.2, -0.15) is 0 Å². The number of carbonyl (C=O) groups excluding carboxylic acids is 2. The predicted molar refractivity (Wildman–Crippen MR) is 109 cm³/mol. The molecule has 1 N–H and O–H groups in total. The molecule has 3 aromatic rings. The van der Waals surface area contributed by atoms with Crippen LogP contribution in [0.3, 0.4) is 0 Å². The highest BCUT2D eigenvalue weighted by Crippen LogP contribution is 2.35. The van der Waals surface area contributed by atoms with Gasteiger partial charge in [0, 0.05) is 0 Å². The molecule has 144 valence electrons. The van der Waals surface area contributed by atoms with Gasteiger partial charge in [-0.1, -0.05) is 48.5 Å². The number of ether oxygens (including phenoxy) is 1. The fourth-order valence-corrected chi connectivity index (χ4v) is 3.25. The number of benzene rings is 3. The molecule has 1 aliphatic rings. The lowest BCUT2D eigenvalue weighted by Crippen LogP contribution is -2.32. The molecule has 1 heterocycles. The lowest BCUT2D eigenvalue weighted by molar-refractivity contribution is -0.120. The molecule has 0 fully saturated rings. The molecule has 0 aliphatic carbocycles. The fraction of sp³-hybridized carbons (Fsp3) is 0.0435. The molecule has 2 amide bonds. The maximum absolute atomic E-state index is 13.7. The van der Waals surface area contributed by atoms with Crippen molar-refractivity contribution in [1.29, 1.82) is 0 Å². The van der Waals surface area contributed by atoms with Gasteiger partial charge in [0.2, 0.25) is 0 Å². The number of nitrogens with one attached hydrogen (secondary N) is 1. The van der Waals surface area contributed by atoms with E-state index in [2.05, 4.69) is 5.32 Å². The number of imide groups is 1. The summed E-state index contributed by atoms with van der Waals surface area (Å²) in [5, 5.41) is 3.05. The monoisotopic (exact) mass is 388 g/mol. The van der Waals surface area contributed by atoms with Crippen molar-refractivity contribution in [2.75, 3.05) is 17.3 Å². The molecule has 29 heavy (non-hydrogen) atoms. The van der Waals surface area contributed by atoms with Crippen molar-refractivity contribution in [2.45, 2.75) is 0 Å². The van der Waals surface area contributed by atoms with Crippen molar-refractivity contribution in [3.63, 3.8) is 0 Å². The number of methoxy groups -OCH3 is 1. The second kappa shape index (κ2) is 7.59. The Labute approximate surface area is 167 Å². The summed E-state index contributed by atoms with van der Waals surface area (Å²) in [7, 11) is 1.52. The summed E-state index contributed by atoms with van der Waals surface area (Å²) >= 11 is 0. The largest absolute Gasteiger partial charge is 0.495 e. The van der Waals surface area contributed by atoms with Gasteiger partial charge in [-0.05, 0) is 35.9 Å². The second-order valence-corrected chi connectivity index (χ2v) is 6.37. The molecule has 0 bridgehead atoms. The third-order valence-electron chi connectivity index (χ3n) is 4.58. The van der Waals surface area contributed by atoms with Crippen LogP contribution in [-0.2, 0) is 9.59 Å². The zero-order chi connectivity index (χ0) is 20.4. The van der Waals surface area contributed by atoms with Gasteiger partial charge in [0.05, 0.1) is 24.1 Å². The zero-order valence-electron chi connectivity index (χ0n) is 15.6. The van der Waals surface area contributed by atoms with Crippen molar-refractivity contribution in [1.82, 2.24) is 0 Å². The van der Waals surface area contributed by atoms with Crippen LogP contribution in [0.4, 0.5) is 15.8 Å². The molecule has 3 aromatic carbocycles. The van der Waals surface area contributed by atoms with Crippen molar-refractivity contribution >= 4 is 28.8 Å². The summed E-state index contributed by atoms with van der Waals surface area (Å²) in [4.78, 5) is 27.4. The van der Waals surface area contributed by atoms with Gasteiger partial charge in [0.15, 0.2) is 0 Å². The van der Waals surface area contributed by atoms with Gasteiger partial charge in [0.1, 0.15) is 17.3 Å². The first kappa shape index (κ1) is 18.4. The summed E-state index contributed by atoms with van der Waals surface area (Å²) in [6.45, 7) is 0. The smallest absolute Gasteiger partial charge is 0.282 e. The average Bonchev–Trinajstić information content (AvgIpc) is 2.98. The van der Waals surface area contributed by atoms with E-state index in [0.29, 0.717) is 17.0 Å². The van der Waals surface area contributed by atoms with Gasteiger partial charge >= 0.3 is 0 Å². The van der Waals surface area contributed by atoms with Crippen LogP contribution in [0.1, 0.15) is 5.56 Å². The van der Waals surface area contributed by atoms with Crippen LogP contribution in [-0.4, -0.2) is 18.9 Å². The molecule has 0 saturated heterocycles. The van der Waals surface area contributed by atoms with E-state index in [1.807, 2.05) is 6.07 Å². The number of hydrogen-bond donors (Lipinski definition) is 1. The number of hydrogen-bond acceptors (Lipinski definition) is 4. The van der Waals surface area contributed by atoms with Crippen molar-refractivity contribution < 1.29 is 18.7 Å². The number of amides is 2. The van der Waals surface area contributed by atoms with E-state index in [1.165, 1.54) is 25.3 Å². The van der Waals surface area contributed by atoms with Crippen LogP contribution in [0.25, 0.3) is 5.57 Å². The molecule has 4 rings (SSSR count). The van der Waals surface area contributed by atoms with Crippen molar-refractivity contribution in [3.8, 4) is 5.75 Å². The van der Waals surface area contributed by atoms with Crippen LogP contribution in [0.2, 0.25) is 0 Å². The Morgan fingerprint density at radius 2 is 1.59 bits per heavy atom. The van der Waals surface area contributed by atoms with Gasteiger partial charge in [0.25, 0.3) is 11.8 Å². The van der Waals surface area contributed by atoms with Crippen LogP contribution >= 0.6 is 0 Å². The van der Waals surface area contributed by atoms with E-state index in [0.717, 1.165) is 11.0 Å². The van der Waals surface area contributed by atoms with Crippen LogP contribution in [0, 0.1) is 5.82 Å². The number of nitrogens with zero attached hydrogens (tertiary/aromatic N) is 1. The molecule has 0 unspecified atom stereocenters. The van der Waals surface area contributed by atoms with Crippen LogP contribution in [0.15, 0.2) is 84.6 Å². The molecule has 0 spiro atoms. The fourth-order valence-electron chi connectivity index (χ4n) is 3.25. The Morgan fingerprint density at radius 3 is 2.31 bits per heavy atom. The lowest BCUT2D eigenvalue weighted by Gasteiger charge is -2.16. The molecule has 1 aliphatic heterocycles. The molecule has 0 atom stereocenters. The third kappa shape index (κ3) is 3.36. The minimum Gasteiger partial charge on any atom is -0.495 e. The number of carbonyl (C=O) groups is 2. The molecule has 6 heteroatoms. The third-order valence-corrected chi connectivity index (χ3v) is 4.58. The first-order chi connectivity index (χ1) is 14.1. The zero-order valence-corrected chi connectivity index (χ0v) is 15.6. The van der Waals surface area contributed by atoms with E-state index in [-0.39, 0.29) is 17.0 Å². The van der Waals surface area contributed by atoms with E-state index in [1.54, 1.807) is 48.5 Å². The summed E-state index contributed by atoms with van der Waals surface area (Å²) in [6.07, 6.45) is 0. The van der Waals surface area contributed by atoms with Gasteiger partial charge in [-0.15, -0.1) is 0 Å². The molecular weight excluding hydrogens is 371 g/mol. The number of rotatable bonds is 5. The Bertz CT molecular complexity index is 1130. The summed E-state index contributed by atoms with van der Waals surface area (Å²) in [5.74, 6) is -1.10. The predicted octanol–water partition coefficient (Wildman–Crippen LogP) is 4.23. The van der Waals surface area contributed by atoms with Crippen molar-refractivity contribution in [3.05, 3.63) is 95.9 Å². The first-order valence-corrected chi connectivity index (χ1v) is 8.94. The summed E-state index contributed by atoms with van der Waals surface area (Å²) in [5.41, 5.74) is 1.62. The van der Waals surface area contributed by atoms with Gasteiger partial charge in [-0.3, -0.25) is 9.59 Å². The lowest BCUT2D eigenvalue weighted by atomic mass is 10.0. The molecule has 0 radical (unpaired) electrons. The van der Waals surface area contributed by atoms with E-state index < -0.39 is 17.6 Å². The maximum Gasteiger partial charge on any atom is 0.282 e. The standard InChI is InChI=1S/C23H17FN2O3/c1-29-19-13-6-5-12-18(19)25-21-20(15-8-3-2-4-9-15)22(27)26(23(21)28)17-11-7-10-16(24)14-17/h2-14,25H,1H3. The molecular formula is C23H17FN2O3. The Morgan fingerprint density at radius 1 is 0.862 bits per heavy atom. The van der Waals surface area contributed by atoms with E-state index in [4.69, 9.17) is 4.74 Å².